The molecule has 2 aromatic carbocycles. The standard InChI is InChI=1S/C15H11ClN2O3/c16-11-3-1-2-9(6-11)8-17-15-18-12-5-4-10(14(19)20)7-13(12)21-15/h1-7H,8H2,(H,17,18)(H,19,20). The van der Waals surface area contributed by atoms with E-state index in [9.17, 15) is 4.79 Å². The number of carboxylic acids is 1. The van der Waals surface area contributed by atoms with Crippen LogP contribution < -0.4 is 5.32 Å². The zero-order valence-electron chi connectivity index (χ0n) is 10.8. The lowest BCUT2D eigenvalue weighted by Crippen LogP contribution is -1.99. The van der Waals surface area contributed by atoms with E-state index >= 15 is 0 Å². The third-order valence-corrected chi connectivity index (χ3v) is 3.20. The summed E-state index contributed by atoms with van der Waals surface area (Å²) in [6.45, 7) is 0.513. The molecule has 1 heterocycles. The highest BCUT2D eigenvalue weighted by Gasteiger charge is 2.09. The first-order chi connectivity index (χ1) is 10.1. The zero-order valence-corrected chi connectivity index (χ0v) is 11.6. The molecule has 5 nitrogen and oxygen atoms in total. The van der Waals surface area contributed by atoms with Crippen molar-refractivity contribution in [3.8, 4) is 0 Å². The van der Waals surface area contributed by atoms with Gasteiger partial charge in [0.15, 0.2) is 5.58 Å². The molecular weight excluding hydrogens is 292 g/mol. The Hall–Kier alpha value is -2.53. The average molecular weight is 303 g/mol. The summed E-state index contributed by atoms with van der Waals surface area (Å²) in [5.74, 6) is -0.998. The van der Waals surface area contributed by atoms with Gasteiger partial charge < -0.3 is 14.8 Å². The van der Waals surface area contributed by atoms with Crippen molar-refractivity contribution in [2.45, 2.75) is 6.54 Å². The fraction of sp³-hybridized carbons (Fsp3) is 0.0667. The van der Waals surface area contributed by atoms with Crippen molar-refractivity contribution >= 4 is 34.7 Å². The lowest BCUT2D eigenvalue weighted by atomic mass is 10.2. The number of rotatable bonds is 4. The van der Waals surface area contributed by atoms with Crippen molar-refractivity contribution in [2.75, 3.05) is 5.32 Å². The van der Waals surface area contributed by atoms with E-state index in [1.54, 1.807) is 12.1 Å². The minimum Gasteiger partial charge on any atom is -0.478 e. The Morgan fingerprint density at radius 2 is 2.14 bits per heavy atom. The van der Waals surface area contributed by atoms with E-state index in [2.05, 4.69) is 10.3 Å². The second-order valence-electron chi connectivity index (χ2n) is 4.49. The monoisotopic (exact) mass is 302 g/mol. The molecular formula is C15H11ClN2O3. The number of hydrogen-bond donors (Lipinski definition) is 2. The highest BCUT2D eigenvalue weighted by molar-refractivity contribution is 6.30. The minimum absolute atomic E-state index is 0.167. The van der Waals surface area contributed by atoms with Crippen LogP contribution in [0.4, 0.5) is 6.01 Å². The Morgan fingerprint density at radius 1 is 1.29 bits per heavy atom. The molecule has 0 bridgehead atoms. The maximum atomic E-state index is 10.9. The predicted octanol–water partition coefficient (Wildman–Crippen LogP) is 3.79. The van der Waals surface area contributed by atoms with Crippen LogP contribution in [0.15, 0.2) is 46.9 Å². The number of oxazole rings is 1. The van der Waals surface area contributed by atoms with Gasteiger partial charge in [-0.05, 0) is 35.9 Å². The van der Waals surface area contributed by atoms with Gasteiger partial charge in [-0.25, -0.2) is 4.79 Å². The highest BCUT2D eigenvalue weighted by Crippen LogP contribution is 2.21. The van der Waals surface area contributed by atoms with Crippen molar-refractivity contribution in [1.29, 1.82) is 0 Å². The Bertz CT molecular complexity index is 814. The summed E-state index contributed by atoms with van der Waals surface area (Å²) in [6, 6.07) is 12.4. The van der Waals surface area contributed by atoms with Crippen LogP contribution >= 0.6 is 11.6 Å². The third kappa shape index (κ3) is 2.98. The molecule has 0 aliphatic rings. The quantitative estimate of drug-likeness (QED) is 0.767. The first-order valence-electron chi connectivity index (χ1n) is 6.24. The summed E-state index contributed by atoms with van der Waals surface area (Å²) in [5, 5.41) is 12.6. The van der Waals surface area contributed by atoms with Crippen LogP contribution in [0.25, 0.3) is 11.1 Å². The van der Waals surface area contributed by atoms with E-state index in [0.717, 1.165) is 5.56 Å². The van der Waals surface area contributed by atoms with Crippen LogP contribution in [-0.2, 0) is 6.54 Å². The molecule has 0 saturated heterocycles. The fourth-order valence-electron chi connectivity index (χ4n) is 1.96. The molecule has 6 heteroatoms. The van der Waals surface area contributed by atoms with Gasteiger partial charge in [0, 0.05) is 11.6 Å². The first-order valence-corrected chi connectivity index (χ1v) is 6.62. The average Bonchev–Trinajstić information content (AvgIpc) is 2.87. The van der Waals surface area contributed by atoms with E-state index in [1.165, 1.54) is 12.1 Å². The van der Waals surface area contributed by atoms with Gasteiger partial charge in [0.05, 0.1) is 5.56 Å². The fourth-order valence-corrected chi connectivity index (χ4v) is 2.17. The highest BCUT2D eigenvalue weighted by atomic mass is 35.5. The third-order valence-electron chi connectivity index (χ3n) is 2.97. The maximum absolute atomic E-state index is 10.9. The Morgan fingerprint density at radius 3 is 2.90 bits per heavy atom. The number of hydrogen-bond acceptors (Lipinski definition) is 4. The number of nitrogens with zero attached hydrogens (tertiary/aromatic N) is 1. The molecule has 0 amide bonds. The Kier molecular flexibility index (Phi) is 3.50. The van der Waals surface area contributed by atoms with Gasteiger partial charge in [-0.3, -0.25) is 0 Å². The van der Waals surface area contributed by atoms with Crippen LogP contribution in [0, 0.1) is 0 Å². The van der Waals surface area contributed by atoms with E-state index in [4.69, 9.17) is 21.1 Å². The summed E-state index contributed by atoms with van der Waals surface area (Å²) >= 11 is 5.92. The number of aromatic nitrogens is 1. The second-order valence-corrected chi connectivity index (χ2v) is 4.93. The molecule has 1 aromatic heterocycles. The maximum Gasteiger partial charge on any atom is 0.335 e. The van der Waals surface area contributed by atoms with E-state index in [-0.39, 0.29) is 5.56 Å². The smallest absolute Gasteiger partial charge is 0.335 e. The summed E-state index contributed by atoms with van der Waals surface area (Å²) in [7, 11) is 0. The van der Waals surface area contributed by atoms with E-state index in [0.29, 0.717) is 28.7 Å². The number of carbonyl (C=O) groups is 1. The molecule has 0 atom stereocenters. The number of nitrogens with one attached hydrogen (secondary N) is 1. The van der Waals surface area contributed by atoms with Gasteiger partial charge in [0.1, 0.15) is 5.52 Å². The SMILES string of the molecule is O=C(O)c1ccc2nc(NCc3cccc(Cl)c3)oc2c1. The lowest BCUT2D eigenvalue weighted by molar-refractivity contribution is 0.0697. The molecule has 0 radical (unpaired) electrons. The lowest BCUT2D eigenvalue weighted by Gasteiger charge is -2.01. The first kappa shape index (κ1) is 13.5. The Balaban J connectivity index is 1.80. The molecule has 0 spiro atoms. The molecule has 106 valence electrons. The van der Waals surface area contributed by atoms with Crippen molar-refractivity contribution < 1.29 is 14.3 Å². The van der Waals surface area contributed by atoms with Gasteiger partial charge in [-0.1, -0.05) is 23.7 Å². The van der Waals surface area contributed by atoms with Crippen molar-refractivity contribution in [1.82, 2.24) is 4.98 Å². The molecule has 0 aliphatic heterocycles. The Labute approximate surface area is 125 Å². The van der Waals surface area contributed by atoms with Gasteiger partial charge in [0.2, 0.25) is 0 Å². The molecule has 3 rings (SSSR count). The predicted molar refractivity (Wildman–Crippen MR) is 79.7 cm³/mol. The van der Waals surface area contributed by atoms with Crippen LogP contribution in [0.2, 0.25) is 5.02 Å². The number of fused-ring (bicyclic) bond motifs is 1. The minimum atomic E-state index is -0.998. The van der Waals surface area contributed by atoms with Crippen LogP contribution in [0.1, 0.15) is 15.9 Å². The van der Waals surface area contributed by atoms with E-state index in [1.807, 2.05) is 18.2 Å². The molecule has 2 N–H and O–H groups in total. The van der Waals surface area contributed by atoms with Crippen molar-refractivity contribution in [2.24, 2.45) is 0 Å². The largest absolute Gasteiger partial charge is 0.478 e. The van der Waals surface area contributed by atoms with Crippen molar-refractivity contribution in [3.63, 3.8) is 0 Å². The van der Waals surface area contributed by atoms with Crippen LogP contribution in [0.5, 0.6) is 0 Å². The van der Waals surface area contributed by atoms with Gasteiger partial charge >= 0.3 is 5.97 Å². The van der Waals surface area contributed by atoms with Crippen LogP contribution in [0.3, 0.4) is 0 Å². The van der Waals surface area contributed by atoms with Crippen LogP contribution in [-0.4, -0.2) is 16.1 Å². The number of anilines is 1. The molecule has 0 aliphatic carbocycles. The summed E-state index contributed by atoms with van der Waals surface area (Å²) in [5.41, 5.74) is 2.20. The molecule has 0 fully saturated rings. The number of benzene rings is 2. The molecule has 3 aromatic rings. The number of carboxylic acid groups (broad SMARTS) is 1. The van der Waals surface area contributed by atoms with Gasteiger partial charge in [0.25, 0.3) is 6.01 Å². The molecule has 21 heavy (non-hydrogen) atoms. The number of halogens is 1. The normalized spacial score (nSPS) is 10.7. The van der Waals surface area contributed by atoms with Crippen molar-refractivity contribution in [3.05, 3.63) is 58.6 Å². The second kappa shape index (κ2) is 5.46. The molecule has 0 unspecified atom stereocenters. The molecule has 0 saturated carbocycles. The summed E-state index contributed by atoms with van der Waals surface area (Å²) in [4.78, 5) is 15.2. The zero-order chi connectivity index (χ0) is 14.8. The summed E-state index contributed by atoms with van der Waals surface area (Å²) in [6.07, 6.45) is 0. The van der Waals surface area contributed by atoms with Gasteiger partial charge in [-0.2, -0.15) is 4.98 Å². The van der Waals surface area contributed by atoms with Gasteiger partial charge in [-0.15, -0.1) is 0 Å². The topological polar surface area (TPSA) is 75.4 Å². The van der Waals surface area contributed by atoms with E-state index < -0.39 is 5.97 Å². The summed E-state index contributed by atoms with van der Waals surface area (Å²) < 4.78 is 5.49. The number of aromatic carboxylic acids is 1.